The fraction of sp³-hybridized carbons (Fsp3) is 0.433. The van der Waals surface area contributed by atoms with Crippen molar-refractivity contribution < 1.29 is 37.7 Å². The number of halogens is 1. The third-order valence-corrected chi connectivity index (χ3v) is 13.3. The Morgan fingerprint density at radius 2 is 1.61 bits per heavy atom. The maximum atomic E-state index is 14.1. The van der Waals surface area contributed by atoms with E-state index in [4.69, 9.17) is 29.9 Å². The lowest BCUT2D eigenvalue weighted by Gasteiger charge is -2.25. The normalized spacial score (nSPS) is 24.5. The maximum Gasteiger partial charge on any atom is 0.390 e. The summed E-state index contributed by atoms with van der Waals surface area (Å²) in [7, 11) is -5.81. The van der Waals surface area contributed by atoms with E-state index in [2.05, 4.69) is 19.9 Å². The first-order valence-electron chi connectivity index (χ1n) is 15.0. The molecule has 2 aliphatic rings. The number of imidazole rings is 1. The summed E-state index contributed by atoms with van der Waals surface area (Å²) in [5.74, 6) is 0.580. The summed E-state index contributed by atoms with van der Waals surface area (Å²) in [4.78, 5) is 15.4. The number of fused-ring (bicyclic) bond motifs is 1. The van der Waals surface area contributed by atoms with Crippen LogP contribution in [0.1, 0.15) is 31.9 Å². The highest BCUT2D eigenvalue weighted by Gasteiger charge is 2.46. The summed E-state index contributed by atoms with van der Waals surface area (Å²) in [5, 5.41) is 22.1. The average Bonchev–Trinajstić information content (AvgIpc) is 3.76. The number of hydrogen-bond donors (Lipinski definition) is 2. The minimum atomic E-state index is -4.18. The van der Waals surface area contributed by atoms with Crippen molar-refractivity contribution in [1.82, 2.24) is 19.5 Å². The number of anilines is 1. The molecule has 1 saturated carbocycles. The predicted octanol–water partition coefficient (Wildman–Crippen LogP) is 5.71. The Morgan fingerprint density at radius 1 is 0.978 bits per heavy atom. The summed E-state index contributed by atoms with van der Waals surface area (Å²) in [6.45, 7) is 0.892. The molecule has 0 bridgehead atoms. The fourth-order valence-corrected chi connectivity index (χ4v) is 10.7. The number of benzene rings is 2. The van der Waals surface area contributed by atoms with Gasteiger partial charge in [-0.1, -0.05) is 49.2 Å². The van der Waals surface area contributed by atoms with Gasteiger partial charge in [-0.25, -0.2) is 9.55 Å². The highest BCUT2D eigenvalue weighted by atomic mass is 35.5. The second-order valence-corrected chi connectivity index (χ2v) is 16.9. The van der Waals surface area contributed by atoms with Crippen LogP contribution in [0.5, 0.6) is 11.5 Å². The summed E-state index contributed by atoms with van der Waals surface area (Å²) in [6.07, 6.45) is 0.630. The monoisotopic (exact) mass is 691 g/mol. The van der Waals surface area contributed by atoms with E-state index in [0.717, 1.165) is 25.7 Å². The lowest BCUT2D eigenvalue weighted by atomic mass is 10.1. The van der Waals surface area contributed by atoms with Crippen LogP contribution in [0.4, 0.5) is 5.82 Å². The number of hydrogen-bond acceptors (Lipinski definition) is 12. The van der Waals surface area contributed by atoms with Gasteiger partial charge in [0.15, 0.2) is 23.2 Å². The van der Waals surface area contributed by atoms with Crippen LogP contribution in [0.3, 0.4) is 0 Å². The minimum Gasteiger partial charge on any atom is -0.442 e. The Bertz CT molecular complexity index is 1740. The molecule has 1 aliphatic heterocycles. The first kappa shape index (κ1) is 32.9. The summed E-state index contributed by atoms with van der Waals surface area (Å²) in [5.41, 5.74) is 0.794. The zero-order valence-electron chi connectivity index (χ0n) is 25.3. The van der Waals surface area contributed by atoms with E-state index < -0.39 is 52.0 Å². The first-order valence-corrected chi connectivity index (χ1v) is 19.3. The number of aliphatic hydroxyl groups is 2. The number of rotatable bonds is 12. The topological polar surface area (TPSA) is 158 Å². The van der Waals surface area contributed by atoms with E-state index in [1.807, 2.05) is 7.05 Å². The Morgan fingerprint density at radius 3 is 2.26 bits per heavy atom. The standard InChI is InChI=1S/C30H36ClN5O8P2/c1-35(20-11-9-10-12-20)27-24-28(34-30(31)33-27)36(18-32-24)29-26(38)25(37)23(42-29)17-41-46(40,44-22-15-7-4-8-16-22)19-45(2,39)43-21-13-5-3-6-14-21/h3-8,13-16,18,20,23,25-26,29,37-38H,9-12,17,19H2,1-2H3/t23?,25-,26-,29-,45?,46?/m1/s1. The molecular weight excluding hydrogens is 656 g/mol. The van der Waals surface area contributed by atoms with Crippen molar-refractivity contribution >= 4 is 43.5 Å². The molecule has 0 amide bonds. The molecule has 46 heavy (non-hydrogen) atoms. The van der Waals surface area contributed by atoms with Crippen LogP contribution in [0.2, 0.25) is 5.28 Å². The van der Waals surface area contributed by atoms with Crippen LogP contribution in [0.25, 0.3) is 11.2 Å². The van der Waals surface area contributed by atoms with Gasteiger partial charge in [0.05, 0.1) is 12.9 Å². The molecule has 3 heterocycles. The first-order chi connectivity index (χ1) is 22.0. The molecule has 2 N–H and O–H groups in total. The number of para-hydroxylation sites is 2. The van der Waals surface area contributed by atoms with Crippen molar-refractivity contribution in [2.24, 2.45) is 0 Å². The molecule has 246 valence electrons. The quantitative estimate of drug-likeness (QED) is 0.138. The predicted molar refractivity (Wildman–Crippen MR) is 173 cm³/mol. The van der Waals surface area contributed by atoms with Gasteiger partial charge in [-0.05, 0) is 48.7 Å². The van der Waals surface area contributed by atoms with Gasteiger partial charge in [0.1, 0.15) is 35.7 Å². The van der Waals surface area contributed by atoms with Crippen LogP contribution in [0, 0.1) is 0 Å². The van der Waals surface area contributed by atoms with Crippen LogP contribution < -0.4 is 13.9 Å². The Kier molecular flexibility index (Phi) is 9.73. The maximum absolute atomic E-state index is 14.1. The van der Waals surface area contributed by atoms with E-state index >= 15 is 0 Å². The Balaban J connectivity index is 1.21. The molecule has 6 atom stereocenters. The molecule has 16 heteroatoms. The van der Waals surface area contributed by atoms with E-state index in [1.54, 1.807) is 60.7 Å². The average molecular weight is 692 g/mol. The molecule has 3 unspecified atom stereocenters. The molecular formula is C30H36ClN5O8P2. The largest absolute Gasteiger partial charge is 0.442 e. The second kappa shape index (κ2) is 13.6. The zero-order chi connectivity index (χ0) is 32.5. The number of aliphatic hydroxyl groups excluding tert-OH is 2. The summed E-state index contributed by atoms with van der Waals surface area (Å²) >= 11 is 6.33. The second-order valence-electron chi connectivity index (χ2n) is 11.6. The molecule has 1 aliphatic carbocycles. The van der Waals surface area contributed by atoms with Crippen molar-refractivity contribution in [1.29, 1.82) is 0 Å². The van der Waals surface area contributed by atoms with Crippen molar-refractivity contribution in [2.75, 3.05) is 31.1 Å². The van der Waals surface area contributed by atoms with E-state index in [0.29, 0.717) is 28.8 Å². The van der Waals surface area contributed by atoms with Gasteiger partial charge in [-0.3, -0.25) is 13.7 Å². The van der Waals surface area contributed by atoms with Gasteiger partial charge in [-0.15, -0.1) is 0 Å². The van der Waals surface area contributed by atoms with Crippen molar-refractivity contribution in [3.8, 4) is 11.5 Å². The molecule has 0 spiro atoms. The highest BCUT2D eigenvalue weighted by Crippen LogP contribution is 2.61. The Labute approximate surface area is 271 Å². The van der Waals surface area contributed by atoms with Crippen molar-refractivity contribution in [3.05, 3.63) is 72.3 Å². The third kappa shape index (κ3) is 7.26. The Hall–Kier alpha value is -3.02. The highest BCUT2D eigenvalue weighted by molar-refractivity contribution is 7.73. The third-order valence-electron chi connectivity index (χ3n) is 8.09. The van der Waals surface area contributed by atoms with Gasteiger partial charge in [-0.2, -0.15) is 9.97 Å². The van der Waals surface area contributed by atoms with Crippen molar-refractivity contribution in [3.63, 3.8) is 0 Å². The molecule has 0 radical (unpaired) electrons. The van der Waals surface area contributed by atoms with E-state index in [1.165, 1.54) is 17.6 Å². The lowest BCUT2D eigenvalue weighted by Crippen LogP contribution is -2.33. The van der Waals surface area contributed by atoms with Gasteiger partial charge in [0, 0.05) is 19.8 Å². The van der Waals surface area contributed by atoms with Crippen LogP contribution >= 0.6 is 26.6 Å². The lowest BCUT2D eigenvalue weighted by molar-refractivity contribution is -0.0481. The van der Waals surface area contributed by atoms with Gasteiger partial charge < -0.3 is 28.9 Å². The van der Waals surface area contributed by atoms with Gasteiger partial charge in [0.25, 0.3) is 7.37 Å². The molecule has 2 aromatic heterocycles. The SMILES string of the molecule is CN(c1nc(Cl)nc2c1ncn2[C@@H]1OC(COP(=O)(CP(C)(=O)Oc2ccccc2)Oc2ccccc2)[C@@H](O)[C@H]1O)C1CCCC1. The van der Waals surface area contributed by atoms with E-state index in [9.17, 15) is 19.3 Å². The molecule has 4 aromatic rings. The van der Waals surface area contributed by atoms with Gasteiger partial charge >= 0.3 is 7.60 Å². The minimum absolute atomic E-state index is 0.00253. The van der Waals surface area contributed by atoms with Crippen LogP contribution in [-0.4, -0.2) is 80.3 Å². The molecule has 13 nitrogen and oxygen atoms in total. The van der Waals surface area contributed by atoms with Crippen LogP contribution in [-0.2, 0) is 18.4 Å². The molecule has 6 rings (SSSR count). The smallest absolute Gasteiger partial charge is 0.390 e. The van der Waals surface area contributed by atoms with Crippen LogP contribution in [0.15, 0.2) is 67.0 Å². The van der Waals surface area contributed by atoms with Crippen molar-refractivity contribution in [2.45, 2.75) is 56.3 Å². The summed E-state index contributed by atoms with van der Waals surface area (Å²) < 4.78 is 52.4. The van der Waals surface area contributed by atoms with E-state index in [-0.39, 0.29) is 11.0 Å². The number of nitrogens with zero attached hydrogens (tertiary/aromatic N) is 5. The zero-order valence-corrected chi connectivity index (χ0v) is 27.9. The van der Waals surface area contributed by atoms with Gasteiger partial charge in [0.2, 0.25) is 5.28 Å². The molecule has 1 saturated heterocycles. The molecule has 2 aromatic carbocycles. The number of aromatic nitrogens is 4. The number of ether oxygens (including phenoxy) is 1. The molecule has 2 fully saturated rings. The fourth-order valence-electron chi connectivity index (χ4n) is 5.84. The summed E-state index contributed by atoms with van der Waals surface area (Å²) in [6, 6.07) is 17.1.